The van der Waals surface area contributed by atoms with Gasteiger partial charge in [0.15, 0.2) is 0 Å². The number of hydrogen-bond acceptors (Lipinski definition) is 2. The van der Waals surface area contributed by atoms with Gasteiger partial charge in [0.2, 0.25) is 0 Å². The van der Waals surface area contributed by atoms with Gasteiger partial charge < -0.3 is 9.88 Å². The highest BCUT2D eigenvalue weighted by molar-refractivity contribution is 6.04. The Morgan fingerprint density at radius 1 is 1.00 bits per heavy atom. The highest BCUT2D eigenvalue weighted by atomic mass is 19.4. The zero-order valence-corrected chi connectivity index (χ0v) is 15.9. The maximum absolute atomic E-state index is 12.7. The van der Waals surface area contributed by atoms with Crippen LogP contribution in [0.4, 0.5) is 18.9 Å². The Balaban J connectivity index is 1.81. The lowest BCUT2D eigenvalue weighted by Crippen LogP contribution is -2.22. The van der Waals surface area contributed by atoms with E-state index < -0.39 is 11.7 Å². The SMILES string of the molecule is Cc1ccc(C)c(NC(=O)c2ccc(=O)n(Cc3ccc(C(F)(F)F)cc3)c2)c1. The lowest BCUT2D eigenvalue weighted by molar-refractivity contribution is -0.137. The van der Waals surface area contributed by atoms with Crippen molar-refractivity contribution in [3.8, 4) is 0 Å². The molecule has 1 aromatic heterocycles. The summed E-state index contributed by atoms with van der Waals surface area (Å²) in [6.07, 6.45) is -3.01. The van der Waals surface area contributed by atoms with Gasteiger partial charge in [0.1, 0.15) is 0 Å². The molecule has 0 saturated carbocycles. The molecule has 29 heavy (non-hydrogen) atoms. The molecule has 0 unspecified atom stereocenters. The van der Waals surface area contributed by atoms with Gasteiger partial charge in [-0.15, -0.1) is 0 Å². The summed E-state index contributed by atoms with van der Waals surface area (Å²) < 4.78 is 39.3. The van der Waals surface area contributed by atoms with E-state index >= 15 is 0 Å². The number of anilines is 1. The van der Waals surface area contributed by atoms with Crippen molar-refractivity contribution in [2.45, 2.75) is 26.6 Å². The first-order valence-electron chi connectivity index (χ1n) is 8.89. The smallest absolute Gasteiger partial charge is 0.322 e. The molecule has 1 amide bonds. The van der Waals surface area contributed by atoms with Crippen LogP contribution in [0.2, 0.25) is 0 Å². The first kappa shape index (κ1) is 20.4. The molecule has 0 atom stereocenters. The molecule has 0 saturated heterocycles. The minimum absolute atomic E-state index is 0.0571. The van der Waals surface area contributed by atoms with Crippen molar-refractivity contribution in [1.82, 2.24) is 4.57 Å². The first-order valence-corrected chi connectivity index (χ1v) is 8.89. The third kappa shape index (κ3) is 4.93. The molecule has 1 N–H and O–H groups in total. The molecule has 0 aliphatic carbocycles. The van der Waals surface area contributed by atoms with Crippen molar-refractivity contribution in [1.29, 1.82) is 0 Å². The van der Waals surface area contributed by atoms with Crippen LogP contribution in [-0.4, -0.2) is 10.5 Å². The van der Waals surface area contributed by atoms with E-state index in [9.17, 15) is 22.8 Å². The molecular formula is C22H19F3N2O2. The third-order valence-electron chi connectivity index (χ3n) is 4.52. The number of pyridine rings is 1. The van der Waals surface area contributed by atoms with Crippen LogP contribution in [-0.2, 0) is 12.7 Å². The van der Waals surface area contributed by atoms with Crippen molar-refractivity contribution < 1.29 is 18.0 Å². The maximum atomic E-state index is 12.7. The summed E-state index contributed by atoms with van der Waals surface area (Å²) in [5.41, 5.74) is 2.27. The topological polar surface area (TPSA) is 51.1 Å². The van der Waals surface area contributed by atoms with E-state index in [1.807, 2.05) is 32.0 Å². The van der Waals surface area contributed by atoms with E-state index in [0.717, 1.165) is 23.3 Å². The van der Waals surface area contributed by atoms with Gasteiger partial charge in [-0.05, 0) is 54.8 Å². The summed E-state index contributed by atoms with van der Waals surface area (Å²) in [7, 11) is 0. The molecular weight excluding hydrogens is 381 g/mol. The first-order chi connectivity index (χ1) is 13.6. The van der Waals surface area contributed by atoms with Crippen LogP contribution >= 0.6 is 0 Å². The quantitative estimate of drug-likeness (QED) is 0.685. The Hall–Kier alpha value is -3.35. The molecule has 1 heterocycles. The number of aromatic nitrogens is 1. The van der Waals surface area contributed by atoms with Gasteiger partial charge in [0, 0.05) is 18.0 Å². The monoisotopic (exact) mass is 400 g/mol. The van der Waals surface area contributed by atoms with E-state index in [1.54, 1.807) is 0 Å². The molecule has 0 bridgehead atoms. The fourth-order valence-electron chi connectivity index (χ4n) is 2.85. The minimum atomic E-state index is -4.42. The Bertz CT molecular complexity index is 1100. The highest BCUT2D eigenvalue weighted by Crippen LogP contribution is 2.29. The van der Waals surface area contributed by atoms with Crippen LogP contribution < -0.4 is 10.9 Å². The molecule has 0 aliphatic rings. The molecule has 0 radical (unpaired) electrons. The van der Waals surface area contributed by atoms with Crippen molar-refractivity contribution in [3.63, 3.8) is 0 Å². The number of nitrogens with one attached hydrogen (secondary N) is 1. The molecule has 0 aliphatic heterocycles. The minimum Gasteiger partial charge on any atom is -0.322 e. The van der Waals surface area contributed by atoms with Gasteiger partial charge in [-0.25, -0.2) is 0 Å². The number of carbonyl (C=O) groups is 1. The Morgan fingerprint density at radius 2 is 1.69 bits per heavy atom. The summed E-state index contributed by atoms with van der Waals surface area (Å²) in [6, 6.07) is 13.0. The Morgan fingerprint density at radius 3 is 2.34 bits per heavy atom. The van der Waals surface area contributed by atoms with Crippen molar-refractivity contribution in [2.24, 2.45) is 0 Å². The maximum Gasteiger partial charge on any atom is 0.416 e. The van der Waals surface area contributed by atoms with Gasteiger partial charge in [0.25, 0.3) is 11.5 Å². The molecule has 0 spiro atoms. The van der Waals surface area contributed by atoms with Crippen molar-refractivity contribution in [2.75, 3.05) is 5.32 Å². The molecule has 7 heteroatoms. The second-order valence-electron chi connectivity index (χ2n) is 6.85. The lowest BCUT2D eigenvalue weighted by atomic mass is 10.1. The molecule has 2 aromatic carbocycles. The van der Waals surface area contributed by atoms with E-state index in [1.165, 1.54) is 35.0 Å². The molecule has 3 aromatic rings. The standard InChI is InChI=1S/C22H19F3N2O2/c1-14-3-4-15(2)19(11-14)26-21(29)17-7-10-20(28)27(13-17)12-16-5-8-18(9-6-16)22(23,24)25/h3-11,13H,12H2,1-2H3,(H,26,29). The number of nitrogens with zero attached hydrogens (tertiary/aromatic N) is 1. The zero-order chi connectivity index (χ0) is 21.2. The average molecular weight is 400 g/mol. The largest absolute Gasteiger partial charge is 0.416 e. The van der Waals surface area contributed by atoms with Crippen LogP contribution in [0.15, 0.2) is 65.6 Å². The number of halogens is 3. The number of amides is 1. The number of hydrogen-bond donors (Lipinski definition) is 1. The molecule has 4 nitrogen and oxygen atoms in total. The highest BCUT2D eigenvalue weighted by Gasteiger charge is 2.29. The van der Waals surface area contributed by atoms with Gasteiger partial charge in [-0.3, -0.25) is 9.59 Å². The van der Waals surface area contributed by atoms with Crippen molar-refractivity contribution >= 4 is 11.6 Å². The van der Waals surface area contributed by atoms with Crippen molar-refractivity contribution in [3.05, 3.63) is 99.0 Å². The zero-order valence-electron chi connectivity index (χ0n) is 15.9. The predicted molar refractivity (Wildman–Crippen MR) is 105 cm³/mol. The third-order valence-corrected chi connectivity index (χ3v) is 4.52. The number of aryl methyl sites for hydroxylation is 2. The summed E-state index contributed by atoms with van der Waals surface area (Å²) >= 11 is 0. The molecule has 3 rings (SSSR count). The summed E-state index contributed by atoms with van der Waals surface area (Å²) in [6.45, 7) is 3.85. The number of carbonyl (C=O) groups excluding carboxylic acids is 1. The van der Waals surface area contributed by atoms with Crippen LogP contribution in [0, 0.1) is 13.8 Å². The number of benzene rings is 2. The normalized spacial score (nSPS) is 11.3. The van der Waals surface area contributed by atoms with E-state index in [2.05, 4.69) is 5.32 Å². The van der Waals surface area contributed by atoms with Crippen LogP contribution in [0.25, 0.3) is 0 Å². The van der Waals surface area contributed by atoms with Gasteiger partial charge in [-0.2, -0.15) is 13.2 Å². The summed E-state index contributed by atoms with van der Waals surface area (Å²) in [5, 5.41) is 2.82. The van der Waals surface area contributed by atoms with E-state index in [4.69, 9.17) is 0 Å². The number of rotatable bonds is 4. The van der Waals surface area contributed by atoms with Gasteiger partial charge >= 0.3 is 6.18 Å². The van der Waals surface area contributed by atoms with E-state index in [-0.39, 0.29) is 23.6 Å². The Labute approximate surface area is 165 Å². The van der Waals surface area contributed by atoms with Crippen LogP contribution in [0.1, 0.15) is 32.6 Å². The molecule has 150 valence electrons. The second kappa shape index (κ2) is 7.95. The molecule has 0 fully saturated rings. The fourth-order valence-corrected chi connectivity index (χ4v) is 2.85. The average Bonchev–Trinajstić information content (AvgIpc) is 2.66. The summed E-state index contributed by atoms with van der Waals surface area (Å²) in [5.74, 6) is -0.375. The van der Waals surface area contributed by atoms with Gasteiger partial charge in [0.05, 0.1) is 17.7 Å². The summed E-state index contributed by atoms with van der Waals surface area (Å²) in [4.78, 5) is 24.7. The Kier molecular flexibility index (Phi) is 5.59. The lowest BCUT2D eigenvalue weighted by Gasteiger charge is -2.12. The number of alkyl halides is 3. The second-order valence-corrected chi connectivity index (χ2v) is 6.85. The van der Waals surface area contributed by atoms with Crippen LogP contribution in [0.3, 0.4) is 0 Å². The van der Waals surface area contributed by atoms with E-state index in [0.29, 0.717) is 11.3 Å². The fraction of sp³-hybridized carbons (Fsp3) is 0.182. The van der Waals surface area contributed by atoms with Crippen LogP contribution in [0.5, 0.6) is 0 Å². The van der Waals surface area contributed by atoms with Gasteiger partial charge in [-0.1, -0.05) is 24.3 Å². The predicted octanol–water partition coefficient (Wildman–Crippen LogP) is 4.78.